The van der Waals surface area contributed by atoms with Gasteiger partial charge >= 0.3 is 0 Å². The molecule has 0 unspecified atom stereocenters. The van der Waals surface area contributed by atoms with E-state index in [-0.39, 0.29) is 11.7 Å². The molecule has 3 aromatic rings. The van der Waals surface area contributed by atoms with Gasteiger partial charge in [0, 0.05) is 65.2 Å². The molecule has 0 atom stereocenters. The lowest BCUT2D eigenvalue weighted by Gasteiger charge is -2.26. The zero-order valence-corrected chi connectivity index (χ0v) is 18.0. The van der Waals surface area contributed by atoms with Gasteiger partial charge in [0.05, 0.1) is 13.2 Å². The standard InChI is InChI=1S/C25H28N4O3/c26-22(21-17-28-23-8-2-1-7-20(21)23)16-24(30)18-5-3-6-19(15-18)25(31)27-9-4-10-29-11-13-32-14-12-29/h1-3,5-8,15-17,28H,4,9-14,26H2,(H,27,31). The highest BCUT2D eigenvalue weighted by Crippen LogP contribution is 2.22. The van der Waals surface area contributed by atoms with Crippen LogP contribution in [0.3, 0.4) is 0 Å². The number of aromatic amines is 1. The van der Waals surface area contributed by atoms with Crippen LogP contribution in [0, 0.1) is 0 Å². The highest BCUT2D eigenvalue weighted by Gasteiger charge is 2.13. The van der Waals surface area contributed by atoms with Gasteiger partial charge in [0.15, 0.2) is 5.78 Å². The number of nitrogens with zero attached hydrogens (tertiary/aromatic N) is 1. The third kappa shape index (κ3) is 5.25. The van der Waals surface area contributed by atoms with Crippen LogP contribution in [0.5, 0.6) is 0 Å². The van der Waals surface area contributed by atoms with Crippen LogP contribution in [0.2, 0.25) is 0 Å². The van der Waals surface area contributed by atoms with E-state index in [1.807, 2.05) is 24.3 Å². The van der Waals surface area contributed by atoms with Crippen molar-refractivity contribution in [3.63, 3.8) is 0 Å². The summed E-state index contributed by atoms with van der Waals surface area (Å²) in [4.78, 5) is 30.8. The lowest BCUT2D eigenvalue weighted by molar-refractivity contribution is 0.0374. The molecule has 1 aliphatic rings. The van der Waals surface area contributed by atoms with Gasteiger partial charge in [0.2, 0.25) is 0 Å². The monoisotopic (exact) mass is 432 g/mol. The number of aromatic nitrogens is 1. The molecule has 0 saturated carbocycles. The lowest BCUT2D eigenvalue weighted by atomic mass is 10.0. The average molecular weight is 433 g/mol. The lowest BCUT2D eigenvalue weighted by Crippen LogP contribution is -2.38. The van der Waals surface area contributed by atoms with Gasteiger partial charge in [-0.05, 0) is 31.2 Å². The molecule has 4 rings (SSSR count). The van der Waals surface area contributed by atoms with Crippen LogP contribution in [0.25, 0.3) is 16.6 Å². The number of ketones is 1. The van der Waals surface area contributed by atoms with E-state index >= 15 is 0 Å². The number of hydrogen-bond acceptors (Lipinski definition) is 5. The number of benzene rings is 2. The predicted molar refractivity (Wildman–Crippen MR) is 125 cm³/mol. The Morgan fingerprint density at radius 2 is 1.88 bits per heavy atom. The number of amides is 1. The van der Waals surface area contributed by atoms with Crippen molar-refractivity contribution in [1.82, 2.24) is 15.2 Å². The van der Waals surface area contributed by atoms with E-state index in [0.717, 1.165) is 55.7 Å². The zero-order valence-electron chi connectivity index (χ0n) is 18.0. The Hall–Kier alpha value is -3.42. The van der Waals surface area contributed by atoms with Gasteiger partial charge in [-0.25, -0.2) is 0 Å². The van der Waals surface area contributed by atoms with E-state index in [2.05, 4.69) is 15.2 Å². The number of ether oxygens (including phenoxy) is 1. The minimum Gasteiger partial charge on any atom is -0.398 e. The predicted octanol–water partition coefficient (Wildman–Crippen LogP) is 2.80. The molecule has 1 aliphatic heterocycles. The van der Waals surface area contributed by atoms with Gasteiger partial charge in [-0.2, -0.15) is 0 Å². The van der Waals surface area contributed by atoms with E-state index in [4.69, 9.17) is 10.5 Å². The fraction of sp³-hybridized carbons (Fsp3) is 0.280. The van der Waals surface area contributed by atoms with Crippen molar-refractivity contribution < 1.29 is 14.3 Å². The SMILES string of the molecule is NC(=CC(=O)c1cccc(C(=O)NCCCN2CCOCC2)c1)c1c[nH]c2ccccc12. The number of carbonyl (C=O) groups is 2. The second kappa shape index (κ2) is 10.3. The fourth-order valence-electron chi connectivity index (χ4n) is 3.86. The molecule has 0 aliphatic carbocycles. The van der Waals surface area contributed by atoms with Crippen molar-refractivity contribution in [3.05, 3.63) is 77.5 Å². The van der Waals surface area contributed by atoms with Crippen molar-refractivity contribution in [2.24, 2.45) is 5.73 Å². The molecule has 7 nitrogen and oxygen atoms in total. The molecule has 0 spiro atoms. The molecule has 2 aromatic carbocycles. The number of para-hydroxylation sites is 1. The number of nitrogens with one attached hydrogen (secondary N) is 2. The minimum atomic E-state index is -0.241. The molecule has 1 fully saturated rings. The zero-order chi connectivity index (χ0) is 22.3. The highest BCUT2D eigenvalue weighted by molar-refractivity contribution is 6.10. The molecule has 1 saturated heterocycles. The molecule has 0 radical (unpaired) electrons. The van der Waals surface area contributed by atoms with Crippen molar-refractivity contribution in [1.29, 1.82) is 0 Å². The molecular weight excluding hydrogens is 404 g/mol. The Kier molecular flexibility index (Phi) is 6.99. The average Bonchev–Trinajstić information content (AvgIpc) is 3.27. The first kappa shape index (κ1) is 21.8. The third-order valence-corrected chi connectivity index (χ3v) is 5.64. The molecule has 0 bridgehead atoms. The van der Waals surface area contributed by atoms with Gasteiger partial charge in [-0.15, -0.1) is 0 Å². The Balaban J connectivity index is 1.36. The van der Waals surface area contributed by atoms with E-state index in [1.165, 1.54) is 6.08 Å². The number of morpholine rings is 1. The van der Waals surface area contributed by atoms with Crippen LogP contribution in [-0.4, -0.2) is 61.0 Å². The maximum atomic E-state index is 12.8. The molecule has 4 N–H and O–H groups in total. The number of H-pyrrole nitrogens is 1. The van der Waals surface area contributed by atoms with Crippen molar-refractivity contribution in [2.75, 3.05) is 39.4 Å². The first-order valence-corrected chi connectivity index (χ1v) is 10.9. The Labute approximate surface area is 187 Å². The van der Waals surface area contributed by atoms with Gasteiger partial charge in [-0.1, -0.05) is 30.3 Å². The first-order valence-electron chi connectivity index (χ1n) is 10.9. The fourth-order valence-corrected chi connectivity index (χ4v) is 3.86. The molecular formula is C25H28N4O3. The summed E-state index contributed by atoms with van der Waals surface area (Å²) in [6.07, 6.45) is 4.08. The van der Waals surface area contributed by atoms with Crippen LogP contribution in [-0.2, 0) is 4.74 Å². The Bertz CT molecular complexity index is 1130. The van der Waals surface area contributed by atoms with Crippen molar-refractivity contribution >= 4 is 28.3 Å². The smallest absolute Gasteiger partial charge is 0.251 e. The number of rotatable bonds is 8. The van der Waals surface area contributed by atoms with Gasteiger partial charge < -0.3 is 20.8 Å². The largest absolute Gasteiger partial charge is 0.398 e. The molecule has 7 heteroatoms. The Morgan fingerprint density at radius 1 is 1.09 bits per heavy atom. The normalized spacial score (nSPS) is 15.1. The van der Waals surface area contributed by atoms with Gasteiger partial charge in [-0.3, -0.25) is 14.5 Å². The number of nitrogens with two attached hydrogens (primary N) is 1. The first-order chi connectivity index (χ1) is 15.6. The Morgan fingerprint density at radius 3 is 2.72 bits per heavy atom. The summed E-state index contributed by atoms with van der Waals surface area (Å²) >= 11 is 0. The molecule has 1 amide bonds. The van der Waals surface area contributed by atoms with Crippen molar-refractivity contribution in [3.8, 4) is 0 Å². The third-order valence-electron chi connectivity index (χ3n) is 5.64. The van der Waals surface area contributed by atoms with E-state index in [0.29, 0.717) is 23.4 Å². The van der Waals surface area contributed by atoms with Crippen LogP contribution < -0.4 is 11.1 Å². The number of allylic oxidation sites excluding steroid dienone is 1. The quantitative estimate of drug-likeness (QED) is 0.289. The maximum Gasteiger partial charge on any atom is 0.251 e. The maximum absolute atomic E-state index is 12.8. The summed E-state index contributed by atoms with van der Waals surface area (Å²) in [5, 5.41) is 3.89. The topological polar surface area (TPSA) is 100 Å². The van der Waals surface area contributed by atoms with Gasteiger partial charge in [0.1, 0.15) is 0 Å². The summed E-state index contributed by atoms with van der Waals surface area (Å²) in [5.74, 6) is -0.426. The summed E-state index contributed by atoms with van der Waals surface area (Å²) in [7, 11) is 0. The molecule has 2 heterocycles. The van der Waals surface area contributed by atoms with Crippen molar-refractivity contribution in [2.45, 2.75) is 6.42 Å². The highest BCUT2D eigenvalue weighted by atomic mass is 16.5. The summed E-state index contributed by atoms with van der Waals surface area (Å²) < 4.78 is 5.34. The van der Waals surface area contributed by atoms with Crippen LogP contribution >= 0.6 is 0 Å². The molecule has 166 valence electrons. The van der Waals surface area contributed by atoms with Crippen LogP contribution in [0.15, 0.2) is 60.8 Å². The molecule has 32 heavy (non-hydrogen) atoms. The summed E-state index contributed by atoms with van der Waals surface area (Å²) in [6.45, 7) is 4.93. The number of carbonyl (C=O) groups excluding carboxylic acids is 2. The van der Waals surface area contributed by atoms with E-state index < -0.39 is 0 Å². The van der Waals surface area contributed by atoms with E-state index in [9.17, 15) is 9.59 Å². The van der Waals surface area contributed by atoms with Gasteiger partial charge in [0.25, 0.3) is 5.91 Å². The number of hydrogen-bond donors (Lipinski definition) is 3. The van der Waals surface area contributed by atoms with Crippen LogP contribution in [0.4, 0.5) is 0 Å². The summed E-state index contributed by atoms with van der Waals surface area (Å²) in [5.41, 5.74) is 9.22. The van der Waals surface area contributed by atoms with E-state index in [1.54, 1.807) is 30.5 Å². The second-order valence-corrected chi connectivity index (χ2v) is 7.86. The molecule has 1 aromatic heterocycles. The second-order valence-electron chi connectivity index (χ2n) is 7.86. The number of fused-ring (bicyclic) bond motifs is 1. The minimum absolute atomic E-state index is 0.185. The summed E-state index contributed by atoms with van der Waals surface area (Å²) in [6, 6.07) is 14.5. The van der Waals surface area contributed by atoms with Crippen LogP contribution in [0.1, 0.15) is 32.7 Å².